The van der Waals surface area contributed by atoms with E-state index in [0.29, 0.717) is 11.3 Å². The third kappa shape index (κ3) is 4.55. The van der Waals surface area contributed by atoms with E-state index in [4.69, 9.17) is 9.47 Å². The Balaban J connectivity index is 1.67. The number of phenols is 1. The van der Waals surface area contributed by atoms with Crippen molar-refractivity contribution in [2.75, 3.05) is 25.6 Å². The number of amides is 1. The van der Waals surface area contributed by atoms with Gasteiger partial charge in [-0.05, 0) is 50.1 Å². The summed E-state index contributed by atoms with van der Waals surface area (Å²) in [5.74, 6) is 0.691. The number of carbonyl (C=O) groups excluding carboxylic acids is 1. The zero-order chi connectivity index (χ0) is 20.3. The van der Waals surface area contributed by atoms with Crippen LogP contribution >= 0.6 is 0 Å². The highest BCUT2D eigenvalue weighted by Gasteiger charge is 2.27. The summed E-state index contributed by atoms with van der Waals surface area (Å²) >= 11 is 0. The minimum absolute atomic E-state index is 0.0909. The van der Waals surface area contributed by atoms with Crippen LogP contribution in [0.4, 0.5) is 5.69 Å². The van der Waals surface area contributed by atoms with E-state index in [0.717, 1.165) is 17.7 Å². The Bertz CT molecular complexity index is 849. The van der Waals surface area contributed by atoms with Crippen molar-refractivity contribution in [1.82, 2.24) is 5.32 Å². The normalized spacial score (nSPS) is 14.6. The van der Waals surface area contributed by atoms with E-state index in [1.54, 1.807) is 13.2 Å². The number of anilines is 1. The predicted octanol–water partition coefficient (Wildman–Crippen LogP) is 2.38. The average molecular weight is 386 g/mol. The number of aliphatic hydroxyl groups excluding tert-OH is 1. The monoisotopic (exact) mass is 386 g/mol. The van der Waals surface area contributed by atoms with E-state index < -0.39 is 6.10 Å². The third-order valence-electron chi connectivity index (χ3n) is 4.72. The quantitative estimate of drug-likeness (QED) is 0.545. The molecule has 1 atom stereocenters. The second kappa shape index (κ2) is 8.08. The van der Waals surface area contributed by atoms with Crippen molar-refractivity contribution in [3.8, 4) is 17.2 Å². The Morgan fingerprint density at radius 3 is 2.64 bits per heavy atom. The van der Waals surface area contributed by atoms with Gasteiger partial charge in [0.15, 0.2) is 12.4 Å². The molecule has 7 nitrogen and oxygen atoms in total. The van der Waals surface area contributed by atoms with Crippen LogP contribution < -0.4 is 20.1 Å². The van der Waals surface area contributed by atoms with Crippen molar-refractivity contribution < 1.29 is 24.5 Å². The van der Waals surface area contributed by atoms with Crippen LogP contribution in [0.1, 0.15) is 31.1 Å². The maximum atomic E-state index is 11.5. The Labute approximate surface area is 164 Å². The van der Waals surface area contributed by atoms with Crippen LogP contribution in [0, 0.1) is 0 Å². The van der Waals surface area contributed by atoms with Crippen molar-refractivity contribution in [2.24, 2.45) is 0 Å². The van der Waals surface area contributed by atoms with Crippen molar-refractivity contribution in [2.45, 2.75) is 31.9 Å². The molecule has 0 aromatic heterocycles. The van der Waals surface area contributed by atoms with Crippen molar-refractivity contribution in [1.29, 1.82) is 0 Å². The Morgan fingerprint density at radius 2 is 1.96 bits per heavy atom. The zero-order valence-electron chi connectivity index (χ0n) is 16.3. The van der Waals surface area contributed by atoms with E-state index in [9.17, 15) is 15.0 Å². The van der Waals surface area contributed by atoms with Gasteiger partial charge in [0.2, 0.25) is 0 Å². The number of nitrogens with one attached hydrogen (secondary N) is 2. The van der Waals surface area contributed by atoms with Gasteiger partial charge in [-0.15, -0.1) is 0 Å². The molecule has 2 aromatic rings. The molecule has 2 aromatic carbocycles. The number of β-amino-alcohol motifs (C(OH)–C–C–N with tert-alkyl or cyclic N) is 1. The molecular weight excluding hydrogens is 360 g/mol. The van der Waals surface area contributed by atoms with Gasteiger partial charge in [-0.3, -0.25) is 4.79 Å². The number of phenolic OH excluding ortho intramolecular Hbond substituents is 1. The van der Waals surface area contributed by atoms with Gasteiger partial charge < -0.3 is 30.3 Å². The molecule has 0 aliphatic carbocycles. The van der Waals surface area contributed by atoms with E-state index in [-0.39, 0.29) is 36.0 Å². The van der Waals surface area contributed by atoms with Crippen LogP contribution in [0.25, 0.3) is 0 Å². The van der Waals surface area contributed by atoms with Gasteiger partial charge in [0.05, 0.1) is 13.2 Å². The molecule has 0 unspecified atom stereocenters. The lowest BCUT2D eigenvalue weighted by Gasteiger charge is -2.29. The predicted molar refractivity (Wildman–Crippen MR) is 106 cm³/mol. The molecule has 0 spiro atoms. The molecule has 0 fully saturated rings. The number of ether oxygens (including phenoxy) is 2. The van der Waals surface area contributed by atoms with Crippen LogP contribution in [0.3, 0.4) is 0 Å². The summed E-state index contributed by atoms with van der Waals surface area (Å²) in [5.41, 5.74) is 1.61. The molecule has 7 heteroatoms. The Hall–Kier alpha value is -2.77. The molecule has 3 rings (SSSR count). The van der Waals surface area contributed by atoms with Gasteiger partial charge in [-0.1, -0.05) is 12.1 Å². The number of hydrogen-bond donors (Lipinski definition) is 4. The van der Waals surface area contributed by atoms with E-state index in [1.165, 1.54) is 6.07 Å². The summed E-state index contributed by atoms with van der Waals surface area (Å²) in [7, 11) is 1.64. The highest BCUT2D eigenvalue weighted by Crippen LogP contribution is 2.41. The summed E-state index contributed by atoms with van der Waals surface area (Å²) in [6, 6.07) is 10.9. The van der Waals surface area contributed by atoms with Crippen LogP contribution in [-0.2, 0) is 11.2 Å². The lowest BCUT2D eigenvalue weighted by Crippen LogP contribution is -2.43. The van der Waals surface area contributed by atoms with Crippen LogP contribution in [-0.4, -0.2) is 41.9 Å². The fraction of sp³-hybridized carbons (Fsp3) is 0.381. The maximum absolute atomic E-state index is 11.5. The molecule has 0 saturated carbocycles. The molecule has 1 aliphatic rings. The molecule has 150 valence electrons. The molecule has 0 radical (unpaired) electrons. The number of carbonyl (C=O) groups is 1. The molecule has 1 amide bonds. The second-order valence-corrected chi connectivity index (χ2v) is 7.52. The maximum Gasteiger partial charge on any atom is 0.262 e. The van der Waals surface area contributed by atoms with Crippen molar-refractivity contribution in [3.05, 3.63) is 47.5 Å². The molecule has 0 saturated heterocycles. The minimum Gasteiger partial charge on any atom is -0.506 e. The fourth-order valence-corrected chi connectivity index (χ4v) is 3.24. The van der Waals surface area contributed by atoms with Gasteiger partial charge in [0, 0.05) is 17.6 Å². The standard InChI is InChI=1S/C21H26N2O5/c1-21(2,10-13-4-6-14(27-3)7-5-13)22-11-17(25)15-8-9-16(24)19-20(15)28-12-18(26)23-19/h4-9,17,22,24-25H,10-12H2,1-3H3,(H,23,26)/t17-/m0/s1. The number of rotatable bonds is 7. The zero-order valence-corrected chi connectivity index (χ0v) is 16.3. The summed E-state index contributed by atoms with van der Waals surface area (Å²) in [5, 5.41) is 26.6. The van der Waals surface area contributed by atoms with Crippen LogP contribution in [0.5, 0.6) is 17.2 Å². The van der Waals surface area contributed by atoms with Gasteiger partial charge >= 0.3 is 0 Å². The molecule has 1 aliphatic heterocycles. The number of aromatic hydroxyl groups is 1. The average Bonchev–Trinajstić information content (AvgIpc) is 2.67. The topological polar surface area (TPSA) is 100 Å². The lowest BCUT2D eigenvalue weighted by atomic mass is 9.94. The first-order chi connectivity index (χ1) is 13.3. The number of aliphatic hydroxyl groups is 1. The smallest absolute Gasteiger partial charge is 0.262 e. The summed E-state index contributed by atoms with van der Waals surface area (Å²) in [4.78, 5) is 11.5. The third-order valence-corrected chi connectivity index (χ3v) is 4.72. The van der Waals surface area contributed by atoms with Crippen LogP contribution in [0.15, 0.2) is 36.4 Å². The minimum atomic E-state index is -0.862. The first kappa shape index (κ1) is 20.0. The molecule has 4 N–H and O–H groups in total. The van der Waals surface area contributed by atoms with Crippen molar-refractivity contribution in [3.63, 3.8) is 0 Å². The SMILES string of the molecule is COc1ccc(CC(C)(C)NC[C@H](O)c2ccc(O)c3c2OCC(=O)N3)cc1. The number of methoxy groups -OCH3 is 1. The molecule has 0 bridgehead atoms. The Morgan fingerprint density at radius 1 is 1.25 bits per heavy atom. The molecular formula is C21H26N2O5. The number of benzene rings is 2. The van der Waals surface area contributed by atoms with Crippen molar-refractivity contribution >= 4 is 11.6 Å². The first-order valence-electron chi connectivity index (χ1n) is 9.13. The lowest BCUT2D eigenvalue weighted by molar-refractivity contribution is -0.118. The first-order valence-corrected chi connectivity index (χ1v) is 9.13. The highest BCUT2D eigenvalue weighted by atomic mass is 16.5. The highest BCUT2D eigenvalue weighted by molar-refractivity contribution is 5.97. The summed E-state index contributed by atoms with van der Waals surface area (Å²) in [6.45, 7) is 4.27. The number of hydrogen-bond acceptors (Lipinski definition) is 6. The van der Waals surface area contributed by atoms with Gasteiger partial charge in [-0.2, -0.15) is 0 Å². The second-order valence-electron chi connectivity index (χ2n) is 7.52. The number of fused-ring (bicyclic) bond motifs is 1. The van der Waals surface area contributed by atoms with Gasteiger partial charge in [0.1, 0.15) is 17.2 Å². The fourth-order valence-electron chi connectivity index (χ4n) is 3.24. The summed E-state index contributed by atoms with van der Waals surface area (Å²) in [6.07, 6.45) is -0.0938. The summed E-state index contributed by atoms with van der Waals surface area (Å²) < 4.78 is 10.6. The van der Waals surface area contributed by atoms with E-state index in [2.05, 4.69) is 24.5 Å². The molecule has 28 heavy (non-hydrogen) atoms. The van der Waals surface area contributed by atoms with Gasteiger partial charge in [-0.25, -0.2) is 0 Å². The molecule has 1 heterocycles. The Kier molecular flexibility index (Phi) is 5.76. The van der Waals surface area contributed by atoms with E-state index >= 15 is 0 Å². The van der Waals surface area contributed by atoms with Crippen LogP contribution in [0.2, 0.25) is 0 Å². The van der Waals surface area contributed by atoms with E-state index in [1.807, 2.05) is 24.3 Å². The largest absolute Gasteiger partial charge is 0.506 e. The van der Waals surface area contributed by atoms with Gasteiger partial charge in [0.25, 0.3) is 5.91 Å².